The first kappa shape index (κ1) is 16.5. The molecule has 0 spiro atoms. The van der Waals surface area contributed by atoms with E-state index in [0.717, 1.165) is 33.8 Å². The van der Waals surface area contributed by atoms with Crippen molar-refractivity contribution in [3.8, 4) is 5.75 Å². The van der Waals surface area contributed by atoms with E-state index in [1.807, 2.05) is 12.1 Å². The summed E-state index contributed by atoms with van der Waals surface area (Å²) < 4.78 is 6.57. The topological polar surface area (TPSA) is 34.2 Å². The van der Waals surface area contributed by atoms with Crippen LogP contribution < -0.4 is 10.1 Å². The normalized spacial score (nSPS) is 12.4. The molecule has 0 aliphatic carbocycles. The van der Waals surface area contributed by atoms with Crippen LogP contribution in [0.25, 0.3) is 0 Å². The van der Waals surface area contributed by atoms with E-state index in [-0.39, 0.29) is 6.04 Å². The van der Waals surface area contributed by atoms with Crippen molar-refractivity contribution in [1.82, 2.24) is 10.3 Å². The molecule has 1 N–H and O–H groups in total. The molecule has 1 aromatic carbocycles. The van der Waals surface area contributed by atoms with Gasteiger partial charge in [0.15, 0.2) is 0 Å². The molecule has 1 unspecified atom stereocenters. The average Bonchev–Trinajstić information content (AvgIpc) is 2.85. The van der Waals surface area contributed by atoms with Crippen LogP contribution in [0, 0.1) is 6.92 Å². The lowest BCUT2D eigenvalue weighted by molar-refractivity contribution is 0.404. The van der Waals surface area contributed by atoms with E-state index in [0.29, 0.717) is 0 Å². The molecule has 2 aromatic rings. The third-order valence-corrected chi connectivity index (χ3v) is 4.97. The van der Waals surface area contributed by atoms with Gasteiger partial charge in [-0.2, -0.15) is 0 Å². The van der Waals surface area contributed by atoms with E-state index in [9.17, 15) is 0 Å². The van der Waals surface area contributed by atoms with E-state index in [1.54, 1.807) is 18.4 Å². The molecule has 21 heavy (non-hydrogen) atoms. The van der Waals surface area contributed by atoms with Gasteiger partial charge in [0.1, 0.15) is 10.8 Å². The molecule has 114 valence electrons. The standard InChI is InChI=1S/C16H21BrN2OS/c1-5-13-10(3)21-16(19-13)15(18-6-2)12-9-11(17)7-8-14(12)20-4/h7-9,15,18H,5-6H2,1-4H3. The van der Waals surface area contributed by atoms with Crippen molar-refractivity contribution < 1.29 is 4.74 Å². The van der Waals surface area contributed by atoms with Crippen molar-refractivity contribution in [2.45, 2.75) is 33.2 Å². The van der Waals surface area contributed by atoms with Crippen LogP contribution in [0.15, 0.2) is 22.7 Å². The first-order chi connectivity index (χ1) is 10.1. The highest BCUT2D eigenvalue weighted by atomic mass is 79.9. The summed E-state index contributed by atoms with van der Waals surface area (Å²) in [7, 11) is 1.71. The molecule has 1 heterocycles. The highest BCUT2D eigenvalue weighted by molar-refractivity contribution is 9.10. The van der Waals surface area contributed by atoms with Crippen molar-refractivity contribution in [2.75, 3.05) is 13.7 Å². The molecule has 0 aliphatic rings. The number of hydrogen-bond acceptors (Lipinski definition) is 4. The van der Waals surface area contributed by atoms with Crippen molar-refractivity contribution in [3.05, 3.63) is 43.8 Å². The summed E-state index contributed by atoms with van der Waals surface area (Å²) >= 11 is 5.31. The van der Waals surface area contributed by atoms with Gasteiger partial charge in [0, 0.05) is 14.9 Å². The fourth-order valence-corrected chi connectivity index (χ4v) is 3.85. The van der Waals surface area contributed by atoms with Crippen LogP contribution in [0.3, 0.4) is 0 Å². The predicted molar refractivity (Wildman–Crippen MR) is 92.4 cm³/mol. The first-order valence-corrected chi connectivity index (χ1v) is 8.74. The van der Waals surface area contributed by atoms with Gasteiger partial charge in [-0.1, -0.05) is 29.8 Å². The number of thiazole rings is 1. The van der Waals surface area contributed by atoms with Gasteiger partial charge < -0.3 is 10.1 Å². The molecule has 0 saturated heterocycles. The minimum atomic E-state index is 0.0615. The predicted octanol–water partition coefficient (Wildman–Crippen LogP) is 4.48. The second-order valence-corrected chi connectivity index (χ2v) is 6.94. The minimum Gasteiger partial charge on any atom is -0.496 e. The van der Waals surface area contributed by atoms with E-state index in [1.165, 1.54) is 10.6 Å². The quantitative estimate of drug-likeness (QED) is 0.815. The molecule has 2 rings (SSSR count). The Morgan fingerprint density at radius 2 is 2.14 bits per heavy atom. The average molecular weight is 369 g/mol. The van der Waals surface area contributed by atoms with Crippen LogP contribution in [0.4, 0.5) is 0 Å². The van der Waals surface area contributed by atoms with Crippen LogP contribution in [-0.4, -0.2) is 18.6 Å². The number of ether oxygens (including phenoxy) is 1. The molecular weight excluding hydrogens is 348 g/mol. The van der Waals surface area contributed by atoms with Crippen LogP contribution in [0.5, 0.6) is 5.75 Å². The molecule has 3 nitrogen and oxygen atoms in total. The van der Waals surface area contributed by atoms with Gasteiger partial charge >= 0.3 is 0 Å². The lowest BCUT2D eigenvalue weighted by Crippen LogP contribution is -2.22. The number of aromatic nitrogens is 1. The summed E-state index contributed by atoms with van der Waals surface area (Å²) in [6, 6.07) is 6.15. The van der Waals surface area contributed by atoms with Gasteiger partial charge in [-0.25, -0.2) is 4.98 Å². The Balaban J connectivity index is 2.49. The van der Waals surface area contributed by atoms with Crippen LogP contribution in [-0.2, 0) is 6.42 Å². The summed E-state index contributed by atoms with van der Waals surface area (Å²) in [6.45, 7) is 7.27. The molecule has 0 fully saturated rings. The molecule has 0 radical (unpaired) electrons. The zero-order valence-corrected chi connectivity index (χ0v) is 15.3. The molecule has 0 bridgehead atoms. The van der Waals surface area contributed by atoms with Crippen molar-refractivity contribution >= 4 is 27.3 Å². The highest BCUT2D eigenvalue weighted by Crippen LogP contribution is 2.35. The second kappa shape index (κ2) is 7.38. The van der Waals surface area contributed by atoms with E-state index in [4.69, 9.17) is 9.72 Å². The molecule has 0 aliphatic heterocycles. The highest BCUT2D eigenvalue weighted by Gasteiger charge is 2.22. The summed E-state index contributed by atoms with van der Waals surface area (Å²) in [6.07, 6.45) is 0.969. The fraction of sp³-hybridized carbons (Fsp3) is 0.438. The molecule has 5 heteroatoms. The number of benzene rings is 1. The van der Waals surface area contributed by atoms with Gasteiger partial charge in [-0.15, -0.1) is 11.3 Å². The monoisotopic (exact) mass is 368 g/mol. The van der Waals surface area contributed by atoms with Gasteiger partial charge in [0.05, 0.1) is 18.8 Å². The lowest BCUT2D eigenvalue weighted by Gasteiger charge is -2.19. The Hall–Kier alpha value is -0.910. The fourth-order valence-electron chi connectivity index (χ4n) is 2.37. The number of aryl methyl sites for hydroxylation is 2. The number of hydrogen-bond donors (Lipinski definition) is 1. The Bertz CT molecular complexity index is 612. The van der Waals surface area contributed by atoms with Gasteiger partial charge in [0.2, 0.25) is 0 Å². The molecule has 1 atom stereocenters. The number of methoxy groups -OCH3 is 1. The van der Waals surface area contributed by atoms with E-state index >= 15 is 0 Å². The smallest absolute Gasteiger partial charge is 0.124 e. The third-order valence-electron chi connectivity index (χ3n) is 3.40. The van der Waals surface area contributed by atoms with E-state index in [2.05, 4.69) is 48.1 Å². The Morgan fingerprint density at radius 3 is 2.71 bits per heavy atom. The maximum atomic E-state index is 5.53. The summed E-state index contributed by atoms with van der Waals surface area (Å²) in [5, 5.41) is 4.63. The van der Waals surface area contributed by atoms with Gasteiger partial charge in [-0.3, -0.25) is 0 Å². The van der Waals surface area contributed by atoms with Gasteiger partial charge in [-0.05, 0) is 38.1 Å². The minimum absolute atomic E-state index is 0.0615. The Morgan fingerprint density at radius 1 is 1.38 bits per heavy atom. The Kier molecular flexibility index (Phi) is 5.79. The molecule has 0 amide bonds. The second-order valence-electron chi connectivity index (χ2n) is 4.79. The van der Waals surface area contributed by atoms with Crippen LogP contribution in [0.1, 0.15) is 41.0 Å². The van der Waals surface area contributed by atoms with E-state index < -0.39 is 0 Å². The number of nitrogens with one attached hydrogen (secondary N) is 1. The van der Waals surface area contributed by atoms with Crippen LogP contribution in [0.2, 0.25) is 0 Å². The summed E-state index contributed by atoms with van der Waals surface area (Å²) in [5.41, 5.74) is 2.30. The molecule has 0 saturated carbocycles. The number of rotatable bonds is 6. The number of nitrogens with zero attached hydrogens (tertiary/aromatic N) is 1. The van der Waals surface area contributed by atoms with Crippen LogP contribution >= 0.6 is 27.3 Å². The third kappa shape index (κ3) is 3.65. The SMILES string of the molecule is CCNC(c1nc(CC)c(C)s1)c1cc(Br)ccc1OC. The van der Waals surface area contributed by atoms with Crippen molar-refractivity contribution in [3.63, 3.8) is 0 Å². The largest absolute Gasteiger partial charge is 0.496 e. The van der Waals surface area contributed by atoms with Crippen molar-refractivity contribution in [2.24, 2.45) is 0 Å². The Labute approximate surface area is 138 Å². The lowest BCUT2D eigenvalue weighted by atomic mass is 10.1. The first-order valence-electron chi connectivity index (χ1n) is 7.13. The summed E-state index contributed by atoms with van der Waals surface area (Å²) in [4.78, 5) is 6.11. The van der Waals surface area contributed by atoms with Gasteiger partial charge in [0.25, 0.3) is 0 Å². The molecule has 1 aromatic heterocycles. The summed E-state index contributed by atoms with van der Waals surface area (Å²) in [5.74, 6) is 0.884. The maximum absolute atomic E-state index is 5.53. The number of halogens is 1. The molecular formula is C16H21BrN2OS. The zero-order valence-electron chi connectivity index (χ0n) is 12.9. The maximum Gasteiger partial charge on any atom is 0.124 e. The zero-order chi connectivity index (χ0) is 15.4. The van der Waals surface area contributed by atoms with Crippen molar-refractivity contribution in [1.29, 1.82) is 0 Å².